The van der Waals surface area contributed by atoms with Crippen molar-refractivity contribution in [3.8, 4) is 0 Å². The highest BCUT2D eigenvalue weighted by Crippen LogP contribution is 2.35. The van der Waals surface area contributed by atoms with Crippen LogP contribution in [-0.4, -0.2) is 72.0 Å². The number of carbonyl (C=O) groups excluding carboxylic acids is 1. The Labute approximate surface area is 150 Å². The molecule has 0 saturated carbocycles. The fourth-order valence-corrected chi connectivity index (χ4v) is 3.97. The molecule has 0 N–H and O–H groups in total. The van der Waals surface area contributed by atoms with E-state index < -0.39 is 5.92 Å². The molecule has 1 atom stereocenters. The summed E-state index contributed by atoms with van der Waals surface area (Å²) in [4.78, 5) is 20.5. The summed E-state index contributed by atoms with van der Waals surface area (Å²) in [6.45, 7) is 0.908. The average Bonchev–Trinajstić information content (AvgIpc) is 2.87. The molecule has 2 aliphatic heterocycles. The first-order valence-corrected chi connectivity index (χ1v) is 8.74. The van der Waals surface area contributed by atoms with E-state index in [0.717, 1.165) is 10.8 Å². The molecule has 4 rings (SSSR count). The fraction of sp³-hybridized carbons (Fsp3) is 0.474. The number of pyridine rings is 1. The molecule has 1 unspecified atom stereocenters. The zero-order valence-corrected chi connectivity index (χ0v) is 14.6. The molecule has 1 aromatic heterocycles. The van der Waals surface area contributed by atoms with Crippen LogP contribution in [0.4, 0.5) is 8.78 Å². The van der Waals surface area contributed by atoms with E-state index in [1.54, 1.807) is 16.0 Å². The lowest BCUT2D eigenvalue weighted by Gasteiger charge is -2.45. The Morgan fingerprint density at radius 3 is 2.85 bits per heavy atom. The third kappa shape index (κ3) is 3.05. The molecule has 0 radical (unpaired) electrons. The molecule has 2 fully saturated rings. The molecule has 0 spiro atoms. The van der Waals surface area contributed by atoms with Crippen LogP contribution in [0.2, 0.25) is 0 Å². The molecule has 3 heterocycles. The number of halogens is 2. The van der Waals surface area contributed by atoms with Crippen molar-refractivity contribution in [3.63, 3.8) is 0 Å². The van der Waals surface area contributed by atoms with Crippen LogP contribution < -0.4 is 0 Å². The fourth-order valence-electron chi connectivity index (χ4n) is 3.97. The van der Waals surface area contributed by atoms with Gasteiger partial charge in [0.1, 0.15) is 5.69 Å². The number of ether oxygens (including phenoxy) is 1. The number of benzene rings is 1. The highest BCUT2D eigenvalue weighted by atomic mass is 19.3. The highest BCUT2D eigenvalue weighted by molar-refractivity contribution is 6.05. The van der Waals surface area contributed by atoms with Crippen molar-refractivity contribution in [3.05, 3.63) is 42.2 Å². The van der Waals surface area contributed by atoms with Gasteiger partial charge in [0, 0.05) is 50.3 Å². The number of rotatable bonds is 4. The second-order valence-electron chi connectivity index (χ2n) is 7.09. The molecule has 5 nitrogen and oxygen atoms in total. The average molecular weight is 361 g/mol. The van der Waals surface area contributed by atoms with Gasteiger partial charge in [0.15, 0.2) is 0 Å². The molecule has 0 bridgehead atoms. The van der Waals surface area contributed by atoms with E-state index in [1.807, 2.05) is 30.3 Å². The first-order chi connectivity index (χ1) is 12.5. The SMILES string of the molecule is COCC1CC(F)(F)CN1C1CN(C(=O)c2nccc3ccccc23)C1. The minimum Gasteiger partial charge on any atom is -0.383 e. The minimum atomic E-state index is -2.69. The van der Waals surface area contributed by atoms with Crippen LogP contribution in [0.5, 0.6) is 0 Å². The van der Waals surface area contributed by atoms with Crippen LogP contribution in [0, 0.1) is 0 Å². The topological polar surface area (TPSA) is 45.7 Å². The van der Waals surface area contributed by atoms with Crippen molar-refractivity contribution in [2.45, 2.75) is 24.4 Å². The Morgan fingerprint density at radius 1 is 1.31 bits per heavy atom. The molecule has 1 amide bonds. The van der Waals surface area contributed by atoms with Crippen LogP contribution in [0.3, 0.4) is 0 Å². The number of hydrogen-bond donors (Lipinski definition) is 0. The minimum absolute atomic E-state index is 0.0533. The van der Waals surface area contributed by atoms with Crippen molar-refractivity contribution in [2.24, 2.45) is 0 Å². The number of likely N-dealkylation sites (tertiary alicyclic amines) is 2. The molecule has 2 aliphatic rings. The maximum atomic E-state index is 13.8. The second-order valence-corrected chi connectivity index (χ2v) is 7.09. The van der Waals surface area contributed by atoms with Crippen molar-refractivity contribution in [1.29, 1.82) is 0 Å². The molecule has 2 aromatic rings. The lowest BCUT2D eigenvalue weighted by Crippen LogP contribution is -2.62. The van der Waals surface area contributed by atoms with Gasteiger partial charge in [-0.05, 0) is 11.5 Å². The summed E-state index contributed by atoms with van der Waals surface area (Å²) >= 11 is 0. The normalized spacial score (nSPS) is 23.3. The number of methoxy groups -OCH3 is 1. The third-order valence-corrected chi connectivity index (χ3v) is 5.27. The summed E-state index contributed by atoms with van der Waals surface area (Å²) in [5.41, 5.74) is 0.418. The Hall–Kier alpha value is -2.12. The van der Waals surface area contributed by atoms with Gasteiger partial charge < -0.3 is 9.64 Å². The summed E-state index contributed by atoms with van der Waals surface area (Å²) in [7, 11) is 1.53. The van der Waals surface area contributed by atoms with E-state index in [1.165, 1.54) is 7.11 Å². The summed E-state index contributed by atoms with van der Waals surface area (Å²) in [5.74, 6) is -2.84. The van der Waals surface area contributed by atoms with Crippen LogP contribution in [-0.2, 0) is 4.74 Å². The maximum absolute atomic E-state index is 13.8. The smallest absolute Gasteiger partial charge is 0.273 e. The monoisotopic (exact) mass is 361 g/mol. The van der Waals surface area contributed by atoms with Crippen molar-refractivity contribution >= 4 is 16.7 Å². The zero-order chi connectivity index (χ0) is 18.3. The Bertz CT molecular complexity index is 818. The van der Waals surface area contributed by atoms with Crippen LogP contribution in [0.15, 0.2) is 36.5 Å². The lowest BCUT2D eigenvalue weighted by atomic mass is 10.0. The number of alkyl halides is 2. The van der Waals surface area contributed by atoms with Crippen molar-refractivity contribution in [2.75, 3.05) is 33.4 Å². The molecule has 7 heteroatoms. The zero-order valence-electron chi connectivity index (χ0n) is 14.6. The highest BCUT2D eigenvalue weighted by Gasteiger charge is 2.50. The summed E-state index contributed by atoms with van der Waals surface area (Å²) in [5, 5.41) is 1.77. The Kier molecular flexibility index (Phi) is 4.36. The number of amides is 1. The molecule has 1 aromatic carbocycles. The van der Waals surface area contributed by atoms with Gasteiger partial charge in [0.2, 0.25) is 0 Å². The van der Waals surface area contributed by atoms with Gasteiger partial charge in [-0.1, -0.05) is 24.3 Å². The van der Waals surface area contributed by atoms with Gasteiger partial charge in [0.25, 0.3) is 11.8 Å². The number of aromatic nitrogens is 1. The number of carbonyl (C=O) groups is 1. The standard InChI is InChI=1S/C19H21F2N3O2/c1-26-11-14-8-19(20,21)12-24(14)15-9-23(10-15)18(25)17-16-5-3-2-4-13(16)6-7-22-17/h2-7,14-15H,8-12H2,1H3. The molecular formula is C19H21F2N3O2. The van der Waals surface area contributed by atoms with Gasteiger partial charge in [-0.2, -0.15) is 0 Å². The van der Waals surface area contributed by atoms with Crippen LogP contribution in [0.1, 0.15) is 16.9 Å². The van der Waals surface area contributed by atoms with E-state index in [9.17, 15) is 13.6 Å². The summed E-state index contributed by atoms with van der Waals surface area (Å²) < 4.78 is 32.7. The van der Waals surface area contributed by atoms with E-state index >= 15 is 0 Å². The van der Waals surface area contributed by atoms with Crippen LogP contribution >= 0.6 is 0 Å². The van der Waals surface area contributed by atoms with E-state index in [2.05, 4.69) is 4.98 Å². The van der Waals surface area contributed by atoms with Gasteiger partial charge in [-0.15, -0.1) is 0 Å². The van der Waals surface area contributed by atoms with Gasteiger partial charge in [0.05, 0.1) is 13.2 Å². The molecule has 0 aliphatic carbocycles. The van der Waals surface area contributed by atoms with E-state index in [0.29, 0.717) is 18.8 Å². The maximum Gasteiger partial charge on any atom is 0.273 e. The predicted octanol–water partition coefficient (Wildman–Crippen LogP) is 2.42. The lowest BCUT2D eigenvalue weighted by molar-refractivity contribution is -0.0137. The van der Waals surface area contributed by atoms with Crippen molar-refractivity contribution in [1.82, 2.24) is 14.8 Å². The van der Waals surface area contributed by atoms with Gasteiger partial charge >= 0.3 is 0 Å². The Balaban J connectivity index is 1.46. The second kappa shape index (κ2) is 6.55. The number of hydrogen-bond acceptors (Lipinski definition) is 4. The molecular weight excluding hydrogens is 340 g/mol. The van der Waals surface area contributed by atoms with Crippen molar-refractivity contribution < 1.29 is 18.3 Å². The molecule has 138 valence electrons. The van der Waals surface area contributed by atoms with Crippen LogP contribution in [0.25, 0.3) is 10.8 Å². The molecule has 26 heavy (non-hydrogen) atoms. The first-order valence-electron chi connectivity index (χ1n) is 8.74. The Morgan fingerprint density at radius 2 is 2.08 bits per heavy atom. The molecule has 2 saturated heterocycles. The quantitative estimate of drug-likeness (QED) is 0.839. The predicted molar refractivity (Wildman–Crippen MR) is 93.4 cm³/mol. The summed E-state index contributed by atoms with van der Waals surface area (Å²) in [6, 6.07) is 9.13. The van der Waals surface area contributed by atoms with Gasteiger partial charge in [-0.25, -0.2) is 8.78 Å². The van der Waals surface area contributed by atoms with Gasteiger partial charge in [-0.3, -0.25) is 14.7 Å². The first kappa shape index (κ1) is 17.3. The largest absolute Gasteiger partial charge is 0.383 e. The summed E-state index contributed by atoms with van der Waals surface area (Å²) in [6.07, 6.45) is 1.44. The van der Waals surface area contributed by atoms with E-state index in [4.69, 9.17) is 4.74 Å². The number of nitrogens with zero attached hydrogens (tertiary/aromatic N) is 3. The third-order valence-electron chi connectivity index (χ3n) is 5.27. The van der Waals surface area contributed by atoms with E-state index in [-0.39, 0.29) is 37.6 Å². The number of fused-ring (bicyclic) bond motifs is 1.